The Morgan fingerprint density at radius 3 is 2.36 bits per heavy atom. The molecule has 2 aromatic carbocycles. The molecule has 1 atom stereocenters. The third-order valence-corrected chi connectivity index (χ3v) is 4.91. The third kappa shape index (κ3) is 5.47. The number of amides is 1. The van der Waals surface area contributed by atoms with Crippen molar-refractivity contribution in [1.82, 2.24) is 4.90 Å². The number of nitriles is 1. The molecule has 0 spiro atoms. The molecule has 1 amide bonds. The van der Waals surface area contributed by atoms with Crippen LogP contribution in [0.25, 0.3) is 0 Å². The summed E-state index contributed by atoms with van der Waals surface area (Å²) in [6, 6.07) is 19.9. The molecule has 0 aliphatic rings. The Morgan fingerprint density at radius 1 is 1.11 bits per heavy atom. The average Bonchev–Trinajstić information content (AvgIpc) is 2.72. The molecule has 4 nitrogen and oxygen atoms in total. The van der Waals surface area contributed by atoms with E-state index < -0.39 is 0 Å². The van der Waals surface area contributed by atoms with E-state index in [0.717, 1.165) is 17.7 Å². The number of nitrogens with one attached hydrogen (secondary N) is 1. The SMILES string of the molecule is CCC(C)c1ccccc1N/C=C(/C#N)C(=O)N(Cc1ccccc1)C(C)C. The Labute approximate surface area is 168 Å². The highest BCUT2D eigenvalue weighted by Crippen LogP contribution is 2.26. The molecule has 146 valence electrons. The molecule has 0 saturated carbocycles. The van der Waals surface area contributed by atoms with Gasteiger partial charge in [-0.15, -0.1) is 0 Å². The Hall–Kier alpha value is -3.06. The van der Waals surface area contributed by atoms with Crippen LogP contribution in [0.3, 0.4) is 0 Å². The molecule has 1 unspecified atom stereocenters. The second-order valence-electron chi connectivity index (χ2n) is 7.22. The molecule has 4 heteroatoms. The molecule has 2 rings (SSSR count). The number of hydrogen-bond acceptors (Lipinski definition) is 3. The molecule has 28 heavy (non-hydrogen) atoms. The molecule has 2 aromatic rings. The number of hydrogen-bond donors (Lipinski definition) is 1. The lowest BCUT2D eigenvalue weighted by Gasteiger charge is -2.26. The van der Waals surface area contributed by atoms with Gasteiger partial charge < -0.3 is 10.2 Å². The highest BCUT2D eigenvalue weighted by atomic mass is 16.2. The summed E-state index contributed by atoms with van der Waals surface area (Å²) < 4.78 is 0. The molecular formula is C24H29N3O. The number of carbonyl (C=O) groups is 1. The maximum Gasteiger partial charge on any atom is 0.266 e. The summed E-state index contributed by atoms with van der Waals surface area (Å²) in [6.45, 7) is 8.70. The van der Waals surface area contributed by atoms with Crippen molar-refractivity contribution < 1.29 is 4.79 Å². The van der Waals surface area contributed by atoms with E-state index in [1.807, 2.05) is 62.4 Å². The molecular weight excluding hydrogens is 346 g/mol. The fourth-order valence-corrected chi connectivity index (χ4v) is 2.99. The van der Waals surface area contributed by atoms with Crippen LogP contribution in [0.15, 0.2) is 66.4 Å². The van der Waals surface area contributed by atoms with Crippen molar-refractivity contribution in [3.63, 3.8) is 0 Å². The first-order chi connectivity index (χ1) is 13.5. The van der Waals surface area contributed by atoms with Gasteiger partial charge in [0.2, 0.25) is 0 Å². The van der Waals surface area contributed by atoms with Gasteiger partial charge in [-0.25, -0.2) is 0 Å². The van der Waals surface area contributed by atoms with Crippen LogP contribution in [0.2, 0.25) is 0 Å². The van der Waals surface area contributed by atoms with Crippen molar-refractivity contribution in [1.29, 1.82) is 5.26 Å². The maximum atomic E-state index is 13.0. The number of benzene rings is 2. The Balaban J connectivity index is 2.23. The van der Waals surface area contributed by atoms with Crippen LogP contribution in [0.1, 0.15) is 51.2 Å². The van der Waals surface area contributed by atoms with Crippen molar-refractivity contribution in [2.75, 3.05) is 5.32 Å². The lowest BCUT2D eigenvalue weighted by Crippen LogP contribution is -2.37. The van der Waals surface area contributed by atoms with E-state index in [0.29, 0.717) is 12.5 Å². The van der Waals surface area contributed by atoms with Crippen LogP contribution in [0, 0.1) is 11.3 Å². The zero-order valence-corrected chi connectivity index (χ0v) is 17.1. The van der Waals surface area contributed by atoms with E-state index in [2.05, 4.69) is 31.3 Å². The molecule has 0 aromatic heterocycles. The van der Waals surface area contributed by atoms with Crippen molar-refractivity contribution in [3.05, 3.63) is 77.5 Å². The smallest absolute Gasteiger partial charge is 0.266 e. The van der Waals surface area contributed by atoms with Crippen molar-refractivity contribution in [3.8, 4) is 6.07 Å². The first-order valence-corrected chi connectivity index (χ1v) is 9.78. The number of nitrogens with zero attached hydrogens (tertiary/aromatic N) is 2. The molecule has 0 radical (unpaired) electrons. The van der Waals surface area contributed by atoms with Gasteiger partial charge in [0.05, 0.1) is 0 Å². The minimum absolute atomic E-state index is 0.0168. The lowest BCUT2D eigenvalue weighted by molar-refractivity contribution is -0.129. The molecule has 0 saturated heterocycles. The number of rotatable bonds is 8. The van der Waals surface area contributed by atoms with Gasteiger partial charge in [0.15, 0.2) is 0 Å². The quantitative estimate of drug-likeness (QED) is 0.492. The summed E-state index contributed by atoms with van der Waals surface area (Å²) in [5, 5.41) is 12.8. The second-order valence-corrected chi connectivity index (χ2v) is 7.22. The largest absolute Gasteiger partial charge is 0.360 e. The summed E-state index contributed by atoms with van der Waals surface area (Å²) in [4.78, 5) is 14.7. The zero-order valence-electron chi connectivity index (χ0n) is 17.1. The van der Waals surface area contributed by atoms with Crippen LogP contribution in [-0.4, -0.2) is 16.8 Å². The fourth-order valence-electron chi connectivity index (χ4n) is 2.99. The van der Waals surface area contributed by atoms with E-state index in [4.69, 9.17) is 0 Å². The average molecular weight is 376 g/mol. The molecule has 0 fully saturated rings. The summed E-state index contributed by atoms with van der Waals surface area (Å²) in [5.41, 5.74) is 3.24. The van der Waals surface area contributed by atoms with Gasteiger partial charge in [-0.05, 0) is 43.4 Å². The van der Waals surface area contributed by atoms with Crippen LogP contribution >= 0.6 is 0 Å². The second kappa shape index (κ2) is 10.3. The van der Waals surface area contributed by atoms with Gasteiger partial charge in [0, 0.05) is 24.5 Å². The summed E-state index contributed by atoms with van der Waals surface area (Å²) >= 11 is 0. The van der Waals surface area contributed by atoms with Gasteiger partial charge in [-0.2, -0.15) is 5.26 Å². The molecule has 0 heterocycles. The van der Waals surface area contributed by atoms with Crippen molar-refractivity contribution in [2.45, 2.75) is 52.6 Å². The number of carbonyl (C=O) groups excluding carboxylic acids is 1. The lowest BCUT2D eigenvalue weighted by atomic mass is 9.97. The Morgan fingerprint density at radius 2 is 1.75 bits per heavy atom. The van der Waals surface area contributed by atoms with Gasteiger partial charge in [0.1, 0.15) is 11.6 Å². The van der Waals surface area contributed by atoms with Crippen LogP contribution in [0.5, 0.6) is 0 Å². The maximum absolute atomic E-state index is 13.0. The van der Waals surface area contributed by atoms with E-state index in [1.165, 1.54) is 11.8 Å². The van der Waals surface area contributed by atoms with Gasteiger partial charge >= 0.3 is 0 Å². The fraction of sp³-hybridized carbons (Fsp3) is 0.333. The topological polar surface area (TPSA) is 56.1 Å². The third-order valence-electron chi connectivity index (χ3n) is 4.91. The molecule has 0 bridgehead atoms. The van der Waals surface area contributed by atoms with E-state index in [-0.39, 0.29) is 17.5 Å². The Bertz CT molecular complexity index is 850. The first-order valence-electron chi connectivity index (χ1n) is 9.78. The number of anilines is 1. The van der Waals surface area contributed by atoms with Crippen LogP contribution < -0.4 is 5.32 Å². The monoisotopic (exact) mass is 375 g/mol. The zero-order chi connectivity index (χ0) is 20.5. The minimum Gasteiger partial charge on any atom is -0.360 e. The normalized spacial score (nSPS) is 12.4. The highest BCUT2D eigenvalue weighted by Gasteiger charge is 2.21. The van der Waals surface area contributed by atoms with E-state index in [9.17, 15) is 10.1 Å². The number of para-hydroxylation sites is 1. The molecule has 1 N–H and O–H groups in total. The van der Waals surface area contributed by atoms with Gasteiger partial charge in [-0.1, -0.05) is 62.4 Å². The van der Waals surface area contributed by atoms with E-state index >= 15 is 0 Å². The van der Waals surface area contributed by atoms with Crippen molar-refractivity contribution in [2.24, 2.45) is 0 Å². The predicted molar refractivity (Wildman–Crippen MR) is 115 cm³/mol. The van der Waals surface area contributed by atoms with E-state index in [1.54, 1.807) is 4.90 Å². The molecule has 0 aliphatic heterocycles. The van der Waals surface area contributed by atoms with Gasteiger partial charge in [0.25, 0.3) is 5.91 Å². The van der Waals surface area contributed by atoms with Crippen LogP contribution in [0.4, 0.5) is 5.69 Å². The van der Waals surface area contributed by atoms with Crippen LogP contribution in [-0.2, 0) is 11.3 Å². The first kappa shape index (κ1) is 21.2. The Kier molecular flexibility index (Phi) is 7.83. The molecule has 0 aliphatic carbocycles. The van der Waals surface area contributed by atoms with Crippen molar-refractivity contribution >= 4 is 11.6 Å². The standard InChI is InChI=1S/C24H29N3O/c1-5-19(4)22-13-9-10-14-23(22)26-16-21(15-25)24(28)27(18(2)3)17-20-11-7-6-8-12-20/h6-14,16,18-19,26H,5,17H2,1-4H3/b21-16-. The summed E-state index contributed by atoms with van der Waals surface area (Å²) in [7, 11) is 0. The highest BCUT2D eigenvalue weighted by molar-refractivity contribution is 5.97. The summed E-state index contributed by atoms with van der Waals surface area (Å²) in [5.74, 6) is 0.124. The van der Waals surface area contributed by atoms with Gasteiger partial charge in [-0.3, -0.25) is 4.79 Å². The summed E-state index contributed by atoms with van der Waals surface area (Å²) in [6.07, 6.45) is 2.55. The minimum atomic E-state index is -0.269. The predicted octanol–water partition coefficient (Wildman–Crippen LogP) is 5.46.